The summed E-state index contributed by atoms with van der Waals surface area (Å²) in [6, 6.07) is 23.4. The Kier molecular flexibility index (Phi) is 5.17. The lowest BCUT2D eigenvalue weighted by atomic mass is 10.1. The summed E-state index contributed by atoms with van der Waals surface area (Å²) in [4.78, 5) is 21.6. The minimum Gasteiger partial charge on any atom is -0.338 e. The number of rotatable bonds is 5. The molecule has 4 aromatic rings. The number of hydrogen-bond donors (Lipinski definition) is 2. The molecule has 5 heteroatoms. The van der Waals surface area contributed by atoms with Crippen LogP contribution in [-0.2, 0) is 0 Å². The molecule has 0 aliphatic carbocycles. The minimum absolute atomic E-state index is 0.109. The Morgan fingerprint density at radius 2 is 1.79 bits per heavy atom. The molecule has 0 atom stereocenters. The van der Waals surface area contributed by atoms with Gasteiger partial charge in [-0.25, -0.2) is 4.98 Å². The van der Waals surface area contributed by atoms with Gasteiger partial charge in [-0.05, 0) is 54.6 Å². The van der Waals surface area contributed by atoms with Crippen LogP contribution in [0.4, 0.5) is 5.69 Å². The molecule has 28 heavy (non-hydrogen) atoms. The molecule has 4 rings (SSSR count). The van der Waals surface area contributed by atoms with E-state index < -0.39 is 0 Å². The van der Waals surface area contributed by atoms with Crippen molar-refractivity contribution in [3.8, 4) is 11.4 Å². The van der Waals surface area contributed by atoms with Crippen LogP contribution in [0.3, 0.4) is 0 Å². The summed E-state index contributed by atoms with van der Waals surface area (Å²) >= 11 is 1.75. The Bertz CT molecular complexity index is 1080. The van der Waals surface area contributed by atoms with Crippen molar-refractivity contribution in [2.75, 3.05) is 5.32 Å². The Labute approximate surface area is 168 Å². The fraction of sp³-hybridized carbons (Fsp3) is 0.130. The third-order valence-corrected chi connectivity index (χ3v) is 5.27. The van der Waals surface area contributed by atoms with Crippen LogP contribution < -0.4 is 5.32 Å². The normalized spacial score (nSPS) is 11.1. The number of nitrogens with one attached hydrogen (secondary N) is 2. The Balaban J connectivity index is 1.49. The zero-order valence-electron chi connectivity index (χ0n) is 15.8. The van der Waals surface area contributed by atoms with Gasteiger partial charge in [-0.15, -0.1) is 11.8 Å². The SMILES string of the molecule is CC(C)Sc1cccc(C(=O)Nc2ccc(-c3nc4ccccc4[nH]3)cc2)c1. The number of imidazole rings is 1. The Morgan fingerprint density at radius 3 is 2.54 bits per heavy atom. The largest absolute Gasteiger partial charge is 0.338 e. The molecule has 3 aromatic carbocycles. The standard InChI is InChI=1S/C23H21N3OS/c1-15(2)28-19-7-5-6-17(14-19)23(27)24-18-12-10-16(11-13-18)22-25-20-8-3-4-9-21(20)26-22/h3-15H,1-2H3,(H,24,27)(H,25,26). The molecule has 1 amide bonds. The van der Waals surface area contributed by atoms with Crippen LogP contribution in [0.2, 0.25) is 0 Å². The van der Waals surface area contributed by atoms with Crippen LogP contribution >= 0.6 is 11.8 Å². The molecule has 0 saturated heterocycles. The van der Waals surface area contributed by atoms with Gasteiger partial charge < -0.3 is 10.3 Å². The Hall–Kier alpha value is -3.05. The summed E-state index contributed by atoms with van der Waals surface area (Å²) < 4.78 is 0. The van der Waals surface area contributed by atoms with Gasteiger partial charge in [-0.2, -0.15) is 0 Å². The highest BCUT2D eigenvalue weighted by Gasteiger charge is 2.09. The number of thioether (sulfide) groups is 1. The van der Waals surface area contributed by atoms with Gasteiger partial charge in [0.05, 0.1) is 11.0 Å². The lowest BCUT2D eigenvalue weighted by Gasteiger charge is -2.09. The van der Waals surface area contributed by atoms with E-state index in [1.54, 1.807) is 11.8 Å². The molecule has 0 saturated carbocycles. The predicted molar refractivity (Wildman–Crippen MR) is 117 cm³/mol. The highest BCUT2D eigenvalue weighted by Crippen LogP contribution is 2.25. The zero-order valence-corrected chi connectivity index (χ0v) is 16.6. The third kappa shape index (κ3) is 4.10. The summed E-state index contributed by atoms with van der Waals surface area (Å²) in [5, 5.41) is 3.44. The molecule has 1 aromatic heterocycles. The molecule has 1 heterocycles. The van der Waals surface area contributed by atoms with Crippen LogP contribution in [0, 0.1) is 0 Å². The number of aromatic amines is 1. The molecule has 0 aliphatic rings. The van der Waals surface area contributed by atoms with Gasteiger partial charge >= 0.3 is 0 Å². The number of anilines is 1. The zero-order chi connectivity index (χ0) is 19.5. The van der Waals surface area contributed by atoms with Crippen molar-refractivity contribution in [1.82, 2.24) is 9.97 Å². The Morgan fingerprint density at radius 1 is 1.00 bits per heavy atom. The van der Waals surface area contributed by atoms with Crippen molar-refractivity contribution in [1.29, 1.82) is 0 Å². The molecular weight excluding hydrogens is 366 g/mol. The first-order valence-corrected chi connectivity index (χ1v) is 10.1. The van der Waals surface area contributed by atoms with Crippen molar-refractivity contribution in [3.63, 3.8) is 0 Å². The lowest BCUT2D eigenvalue weighted by molar-refractivity contribution is 0.102. The number of H-pyrrole nitrogens is 1. The third-order valence-electron chi connectivity index (χ3n) is 4.27. The number of aromatic nitrogens is 2. The van der Waals surface area contributed by atoms with E-state index in [1.807, 2.05) is 72.8 Å². The first kappa shape index (κ1) is 18.3. The number of fused-ring (bicyclic) bond motifs is 1. The number of para-hydroxylation sites is 2. The molecule has 4 nitrogen and oxygen atoms in total. The molecule has 0 fully saturated rings. The molecule has 140 valence electrons. The van der Waals surface area contributed by atoms with E-state index in [0.29, 0.717) is 10.8 Å². The van der Waals surface area contributed by atoms with Gasteiger partial charge in [0.1, 0.15) is 5.82 Å². The number of carbonyl (C=O) groups excluding carboxylic acids is 1. The highest BCUT2D eigenvalue weighted by atomic mass is 32.2. The van der Waals surface area contributed by atoms with Crippen molar-refractivity contribution in [3.05, 3.63) is 78.4 Å². The van der Waals surface area contributed by atoms with E-state index >= 15 is 0 Å². The predicted octanol–water partition coefficient (Wildman–Crippen LogP) is 5.98. The summed E-state index contributed by atoms with van der Waals surface area (Å²) in [6.07, 6.45) is 0. The molecule has 0 bridgehead atoms. The molecule has 2 N–H and O–H groups in total. The summed E-state index contributed by atoms with van der Waals surface area (Å²) in [5.41, 5.74) is 4.34. The second-order valence-corrected chi connectivity index (χ2v) is 8.48. The van der Waals surface area contributed by atoms with E-state index in [2.05, 4.69) is 29.1 Å². The lowest BCUT2D eigenvalue weighted by Crippen LogP contribution is -2.11. The van der Waals surface area contributed by atoms with Crippen LogP contribution in [0.15, 0.2) is 77.7 Å². The van der Waals surface area contributed by atoms with Crippen molar-refractivity contribution >= 4 is 34.4 Å². The maximum atomic E-state index is 12.6. The highest BCUT2D eigenvalue weighted by molar-refractivity contribution is 7.99. The maximum absolute atomic E-state index is 12.6. The molecule has 0 aliphatic heterocycles. The smallest absolute Gasteiger partial charge is 0.255 e. The van der Waals surface area contributed by atoms with E-state index in [-0.39, 0.29) is 5.91 Å². The second-order valence-electron chi connectivity index (χ2n) is 6.83. The number of nitrogens with zero attached hydrogens (tertiary/aromatic N) is 1. The molecule has 0 radical (unpaired) electrons. The molecular formula is C23H21N3OS. The topological polar surface area (TPSA) is 57.8 Å². The monoisotopic (exact) mass is 387 g/mol. The van der Waals surface area contributed by atoms with Gasteiger partial charge in [-0.3, -0.25) is 4.79 Å². The average Bonchev–Trinajstić information content (AvgIpc) is 3.12. The van der Waals surface area contributed by atoms with Crippen LogP contribution in [0.1, 0.15) is 24.2 Å². The maximum Gasteiger partial charge on any atom is 0.255 e. The van der Waals surface area contributed by atoms with Crippen molar-refractivity contribution in [2.24, 2.45) is 0 Å². The number of carbonyl (C=O) groups is 1. The first-order chi connectivity index (χ1) is 13.6. The molecule has 0 spiro atoms. The van der Waals surface area contributed by atoms with Gasteiger partial charge in [-0.1, -0.05) is 32.0 Å². The van der Waals surface area contributed by atoms with Crippen molar-refractivity contribution in [2.45, 2.75) is 24.0 Å². The number of hydrogen-bond acceptors (Lipinski definition) is 3. The quantitative estimate of drug-likeness (QED) is 0.414. The van der Waals surface area contributed by atoms with Crippen LogP contribution in [-0.4, -0.2) is 21.1 Å². The average molecular weight is 388 g/mol. The summed E-state index contributed by atoms with van der Waals surface area (Å²) in [6.45, 7) is 4.28. The fourth-order valence-corrected chi connectivity index (χ4v) is 3.88. The number of benzene rings is 3. The fourth-order valence-electron chi connectivity index (χ4n) is 2.99. The van der Waals surface area contributed by atoms with E-state index in [1.165, 1.54) is 0 Å². The van der Waals surface area contributed by atoms with Gasteiger partial charge in [0.2, 0.25) is 0 Å². The minimum atomic E-state index is -0.109. The number of amides is 1. The van der Waals surface area contributed by atoms with Gasteiger partial charge in [0.25, 0.3) is 5.91 Å². The van der Waals surface area contributed by atoms with Gasteiger partial charge in [0.15, 0.2) is 0 Å². The van der Waals surface area contributed by atoms with Crippen molar-refractivity contribution < 1.29 is 4.79 Å². The van der Waals surface area contributed by atoms with E-state index in [9.17, 15) is 4.79 Å². The second kappa shape index (κ2) is 7.90. The van der Waals surface area contributed by atoms with Crippen LogP contribution in [0.25, 0.3) is 22.4 Å². The summed E-state index contributed by atoms with van der Waals surface area (Å²) in [5.74, 6) is 0.709. The van der Waals surface area contributed by atoms with E-state index in [4.69, 9.17) is 0 Å². The van der Waals surface area contributed by atoms with Gasteiger partial charge in [0, 0.05) is 27.0 Å². The van der Waals surface area contributed by atoms with E-state index in [0.717, 1.165) is 33.0 Å². The van der Waals surface area contributed by atoms with Crippen LogP contribution in [0.5, 0.6) is 0 Å². The summed E-state index contributed by atoms with van der Waals surface area (Å²) in [7, 11) is 0. The first-order valence-electron chi connectivity index (χ1n) is 9.22. The molecule has 0 unspecified atom stereocenters.